The summed E-state index contributed by atoms with van der Waals surface area (Å²) in [5, 5.41) is 0. The van der Waals surface area contributed by atoms with E-state index in [9.17, 15) is 26.3 Å². The molecule has 70 valence electrons. The highest BCUT2D eigenvalue weighted by molar-refractivity contribution is 4.94. The molecule has 0 atom stereocenters. The third-order valence-electron chi connectivity index (χ3n) is 0.682. The van der Waals surface area contributed by atoms with Crippen molar-refractivity contribution in [3.05, 3.63) is 24.5 Å². The molecule has 0 heterocycles. The normalized spacial score (nSPS) is 10.8. The van der Waals surface area contributed by atoms with Gasteiger partial charge in [-0.2, -0.15) is 22.0 Å². The zero-order valence-corrected chi connectivity index (χ0v) is 5.38. The Balaban J connectivity index is 4.46. The van der Waals surface area contributed by atoms with Crippen LogP contribution in [0.5, 0.6) is 0 Å². The van der Waals surface area contributed by atoms with Gasteiger partial charge in [0.15, 0.2) is 0 Å². The number of ether oxygens (including phenoxy) is 1. The Hall–Kier alpha value is -1.14. The maximum atomic E-state index is 11.9. The van der Waals surface area contributed by atoms with Gasteiger partial charge in [-0.3, -0.25) is 0 Å². The molecule has 0 spiro atoms. The number of alkyl halides is 2. The van der Waals surface area contributed by atoms with Crippen molar-refractivity contribution in [1.29, 1.82) is 0 Å². The van der Waals surface area contributed by atoms with Crippen LogP contribution in [0.25, 0.3) is 0 Å². The van der Waals surface area contributed by atoms with Crippen molar-refractivity contribution in [2.24, 2.45) is 0 Å². The third kappa shape index (κ3) is 2.85. The first-order valence-electron chi connectivity index (χ1n) is 2.40. The van der Waals surface area contributed by atoms with Gasteiger partial charge in [-0.15, -0.1) is 0 Å². The van der Waals surface area contributed by atoms with Gasteiger partial charge in [0.05, 0.1) is 0 Å². The lowest BCUT2D eigenvalue weighted by molar-refractivity contribution is -0.210. The highest BCUT2D eigenvalue weighted by Crippen LogP contribution is 2.29. The van der Waals surface area contributed by atoms with Crippen molar-refractivity contribution in [1.82, 2.24) is 0 Å². The summed E-state index contributed by atoms with van der Waals surface area (Å²) in [7, 11) is 0. The van der Waals surface area contributed by atoms with E-state index in [1.165, 1.54) is 0 Å². The summed E-state index contributed by atoms with van der Waals surface area (Å²) in [4.78, 5) is 0. The van der Waals surface area contributed by atoms with Crippen molar-refractivity contribution >= 4 is 0 Å². The average molecular weight is 192 g/mol. The highest BCUT2D eigenvalue weighted by atomic mass is 19.3. The van der Waals surface area contributed by atoms with Crippen LogP contribution < -0.4 is 0 Å². The molecule has 0 saturated carbocycles. The fourth-order valence-corrected chi connectivity index (χ4v) is 0.206. The molecule has 7 heteroatoms. The van der Waals surface area contributed by atoms with Crippen molar-refractivity contribution in [2.75, 3.05) is 0 Å². The molecule has 0 aromatic heterocycles. The van der Waals surface area contributed by atoms with Crippen molar-refractivity contribution in [3.8, 4) is 0 Å². The summed E-state index contributed by atoms with van der Waals surface area (Å²) in [6, 6.07) is -2.83. The van der Waals surface area contributed by atoms with Gasteiger partial charge in [0.25, 0.3) is 0 Å². The highest BCUT2D eigenvalue weighted by Gasteiger charge is 2.39. The van der Waals surface area contributed by atoms with Crippen LogP contribution in [0.15, 0.2) is 24.5 Å². The first-order chi connectivity index (χ1) is 5.27. The molecule has 0 N–H and O–H groups in total. The first-order valence-corrected chi connectivity index (χ1v) is 2.40. The average Bonchev–Trinajstić information content (AvgIpc) is 1.85. The van der Waals surface area contributed by atoms with Crippen molar-refractivity contribution < 1.29 is 31.1 Å². The molecule has 0 amide bonds. The lowest BCUT2D eigenvalue weighted by Crippen LogP contribution is -2.19. The lowest BCUT2D eigenvalue weighted by atomic mass is 10.5. The van der Waals surface area contributed by atoms with E-state index < -0.39 is 24.0 Å². The molecular formula is C5H2F6O. The van der Waals surface area contributed by atoms with Gasteiger partial charge in [-0.1, -0.05) is 6.58 Å². The SMILES string of the molecule is C=C(F)C(F)(F)OC(F)=C(F)F. The van der Waals surface area contributed by atoms with Crippen LogP contribution in [-0.2, 0) is 4.74 Å². The van der Waals surface area contributed by atoms with Crippen molar-refractivity contribution in [2.45, 2.75) is 6.11 Å². The maximum Gasteiger partial charge on any atom is 0.455 e. The molecule has 0 aliphatic rings. The van der Waals surface area contributed by atoms with E-state index in [2.05, 4.69) is 11.3 Å². The van der Waals surface area contributed by atoms with E-state index in [1.54, 1.807) is 0 Å². The summed E-state index contributed by atoms with van der Waals surface area (Å²) in [6.45, 7) is 2.06. The molecule has 0 radical (unpaired) electrons. The van der Waals surface area contributed by atoms with Crippen LogP contribution in [0.2, 0.25) is 0 Å². The topological polar surface area (TPSA) is 9.23 Å². The fourth-order valence-electron chi connectivity index (χ4n) is 0.206. The minimum absolute atomic E-state index is 2.06. The minimum atomic E-state index is -4.77. The molecule has 12 heavy (non-hydrogen) atoms. The van der Waals surface area contributed by atoms with Crippen LogP contribution in [0.4, 0.5) is 26.3 Å². The van der Waals surface area contributed by atoms with E-state index in [0.29, 0.717) is 0 Å². The molecule has 0 bridgehead atoms. The van der Waals surface area contributed by atoms with Gasteiger partial charge in [0.2, 0.25) is 5.83 Å². The Morgan fingerprint density at radius 2 is 1.50 bits per heavy atom. The molecule has 0 aromatic carbocycles. The molecule has 0 fully saturated rings. The maximum absolute atomic E-state index is 11.9. The summed E-state index contributed by atoms with van der Waals surface area (Å²) >= 11 is 0. The van der Waals surface area contributed by atoms with E-state index in [1.807, 2.05) is 0 Å². The quantitative estimate of drug-likeness (QED) is 0.493. The third-order valence-corrected chi connectivity index (χ3v) is 0.682. The summed E-state index contributed by atoms with van der Waals surface area (Å²) in [5.74, 6) is -2.36. The second kappa shape index (κ2) is 3.51. The van der Waals surface area contributed by atoms with Gasteiger partial charge in [0.1, 0.15) is 0 Å². The molecule has 0 aliphatic heterocycles. The number of hydrogen-bond acceptors (Lipinski definition) is 1. The van der Waals surface area contributed by atoms with Gasteiger partial charge in [-0.05, 0) is 0 Å². The monoisotopic (exact) mass is 192 g/mol. The summed E-state index contributed by atoms with van der Waals surface area (Å²) in [5.41, 5.74) is 0. The van der Waals surface area contributed by atoms with E-state index in [-0.39, 0.29) is 0 Å². The Labute approximate surface area is 62.9 Å². The van der Waals surface area contributed by atoms with Crippen LogP contribution in [0, 0.1) is 0 Å². The Kier molecular flexibility index (Phi) is 3.17. The molecule has 0 saturated heterocycles. The smallest absolute Gasteiger partial charge is 0.397 e. The second-order valence-corrected chi connectivity index (χ2v) is 1.56. The molecule has 1 nitrogen and oxygen atoms in total. The Bertz CT molecular complexity index is 216. The predicted molar refractivity (Wildman–Crippen MR) is 26.6 cm³/mol. The lowest BCUT2D eigenvalue weighted by Gasteiger charge is -2.12. The Morgan fingerprint density at radius 3 is 1.75 bits per heavy atom. The zero-order chi connectivity index (χ0) is 9.94. The van der Waals surface area contributed by atoms with Crippen LogP contribution >= 0.6 is 0 Å². The predicted octanol–water partition coefficient (Wildman–Crippen LogP) is 3.11. The number of rotatable bonds is 3. The first kappa shape index (κ1) is 10.9. The van der Waals surface area contributed by atoms with E-state index in [4.69, 9.17) is 0 Å². The number of hydrogen-bond donors (Lipinski definition) is 0. The van der Waals surface area contributed by atoms with Crippen LogP contribution in [0.3, 0.4) is 0 Å². The Morgan fingerprint density at radius 1 is 1.08 bits per heavy atom. The van der Waals surface area contributed by atoms with Crippen molar-refractivity contribution in [3.63, 3.8) is 0 Å². The van der Waals surface area contributed by atoms with Gasteiger partial charge in [-0.25, -0.2) is 4.39 Å². The zero-order valence-electron chi connectivity index (χ0n) is 5.38. The minimum Gasteiger partial charge on any atom is -0.397 e. The fraction of sp³-hybridized carbons (Fsp3) is 0.200. The number of halogens is 6. The molecule has 0 rings (SSSR count). The summed E-state index contributed by atoms with van der Waals surface area (Å²) in [6.07, 6.45) is -7.87. The van der Waals surface area contributed by atoms with Gasteiger partial charge in [0, 0.05) is 0 Å². The van der Waals surface area contributed by atoms with Crippen LogP contribution in [0.1, 0.15) is 0 Å². The van der Waals surface area contributed by atoms with E-state index >= 15 is 0 Å². The van der Waals surface area contributed by atoms with Gasteiger partial charge < -0.3 is 4.74 Å². The molecule has 0 aromatic rings. The second-order valence-electron chi connectivity index (χ2n) is 1.56. The van der Waals surface area contributed by atoms with Gasteiger partial charge >= 0.3 is 18.2 Å². The van der Waals surface area contributed by atoms with E-state index in [0.717, 1.165) is 0 Å². The summed E-state index contributed by atoms with van der Waals surface area (Å²) < 4.78 is 71.8. The molecular weight excluding hydrogens is 190 g/mol. The molecule has 0 aliphatic carbocycles. The van der Waals surface area contributed by atoms with Crippen LogP contribution in [-0.4, -0.2) is 6.11 Å². The largest absolute Gasteiger partial charge is 0.455 e. The molecule has 0 unspecified atom stereocenters. The standard InChI is InChI=1S/C5H2F6O/c1-2(6)5(10,11)12-4(9)3(7)8/h1H2.